The monoisotopic (exact) mass is 261 g/mol. The second-order valence-electron chi connectivity index (χ2n) is 5.45. The molecule has 1 saturated carbocycles. The summed E-state index contributed by atoms with van der Waals surface area (Å²) >= 11 is 0. The van der Waals surface area contributed by atoms with Crippen molar-refractivity contribution in [1.29, 1.82) is 0 Å². The zero-order valence-electron chi connectivity index (χ0n) is 11.6. The number of carbonyl (C=O) groups excluding carboxylic acids is 1. The van der Waals surface area contributed by atoms with E-state index in [9.17, 15) is 9.90 Å². The number of aliphatic hydroxyl groups excluding tert-OH is 1. The molecule has 0 spiro atoms. The van der Waals surface area contributed by atoms with Gasteiger partial charge in [-0.15, -0.1) is 0 Å². The molecular weight excluding hydrogens is 238 g/mol. The van der Waals surface area contributed by atoms with Crippen molar-refractivity contribution in [3.05, 3.63) is 35.4 Å². The maximum Gasteiger partial charge on any atom is 0.220 e. The van der Waals surface area contributed by atoms with Crippen LogP contribution in [-0.4, -0.2) is 23.2 Å². The summed E-state index contributed by atoms with van der Waals surface area (Å²) in [5, 5.41) is 12.8. The third kappa shape index (κ3) is 4.06. The Labute approximate surface area is 115 Å². The number of carbonyl (C=O) groups is 1. The molecule has 2 atom stereocenters. The molecule has 1 amide bonds. The first kappa shape index (κ1) is 14.1. The molecule has 0 radical (unpaired) electrons. The van der Waals surface area contributed by atoms with Gasteiger partial charge in [-0.3, -0.25) is 4.79 Å². The van der Waals surface area contributed by atoms with Gasteiger partial charge in [0.1, 0.15) is 0 Å². The van der Waals surface area contributed by atoms with E-state index in [2.05, 4.69) is 24.4 Å². The Balaban J connectivity index is 1.80. The quantitative estimate of drug-likeness (QED) is 0.874. The van der Waals surface area contributed by atoms with E-state index in [1.807, 2.05) is 12.1 Å². The molecular formula is C16H23NO2. The van der Waals surface area contributed by atoms with Crippen LogP contribution >= 0.6 is 0 Å². The average molecular weight is 261 g/mol. The van der Waals surface area contributed by atoms with E-state index < -0.39 is 0 Å². The Morgan fingerprint density at radius 3 is 2.79 bits per heavy atom. The molecule has 2 rings (SSSR count). The van der Waals surface area contributed by atoms with E-state index in [0.717, 1.165) is 32.1 Å². The zero-order chi connectivity index (χ0) is 13.7. The van der Waals surface area contributed by atoms with Crippen molar-refractivity contribution in [3.8, 4) is 0 Å². The molecule has 0 aromatic heterocycles. The number of hydrogen-bond acceptors (Lipinski definition) is 2. The normalized spacial score (nSPS) is 23.1. The summed E-state index contributed by atoms with van der Waals surface area (Å²) < 4.78 is 0. The number of amides is 1. The van der Waals surface area contributed by atoms with Gasteiger partial charge in [0.05, 0.1) is 12.1 Å². The third-order valence-corrected chi connectivity index (χ3v) is 3.96. The smallest absolute Gasteiger partial charge is 0.220 e. The fourth-order valence-electron chi connectivity index (χ4n) is 2.70. The largest absolute Gasteiger partial charge is 0.391 e. The number of aryl methyl sites for hydroxylation is 2. The van der Waals surface area contributed by atoms with Crippen molar-refractivity contribution in [2.75, 3.05) is 0 Å². The van der Waals surface area contributed by atoms with Crippen LogP contribution in [0.4, 0.5) is 0 Å². The highest BCUT2D eigenvalue weighted by molar-refractivity contribution is 5.76. The van der Waals surface area contributed by atoms with E-state index in [-0.39, 0.29) is 18.1 Å². The van der Waals surface area contributed by atoms with Gasteiger partial charge in [0.2, 0.25) is 5.91 Å². The SMILES string of the molecule is Cc1ccccc1CCC(=O)N[C@H]1CCCC[C@@H]1O. The standard InChI is InChI=1S/C16H23NO2/c1-12-6-2-3-7-13(12)10-11-16(19)17-14-8-4-5-9-15(14)18/h2-3,6-7,14-15,18H,4-5,8-11H2,1H3,(H,17,19)/t14-,15-/m0/s1. The lowest BCUT2D eigenvalue weighted by molar-refractivity contribution is -0.123. The van der Waals surface area contributed by atoms with Gasteiger partial charge in [0.15, 0.2) is 0 Å². The summed E-state index contributed by atoms with van der Waals surface area (Å²) in [6, 6.07) is 8.11. The molecule has 1 aliphatic carbocycles. The first-order chi connectivity index (χ1) is 9.16. The molecule has 0 saturated heterocycles. The molecule has 1 aromatic rings. The first-order valence-corrected chi connectivity index (χ1v) is 7.19. The van der Waals surface area contributed by atoms with E-state index >= 15 is 0 Å². The summed E-state index contributed by atoms with van der Waals surface area (Å²) in [4.78, 5) is 11.9. The van der Waals surface area contributed by atoms with Gasteiger partial charge in [0, 0.05) is 6.42 Å². The van der Waals surface area contributed by atoms with Crippen LogP contribution < -0.4 is 5.32 Å². The van der Waals surface area contributed by atoms with Crippen LogP contribution in [0.25, 0.3) is 0 Å². The van der Waals surface area contributed by atoms with Crippen LogP contribution in [0.3, 0.4) is 0 Å². The minimum atomic E-state index is -0.365. The summed E-state index contributed by atoms with van der Waals surface area (Å²) in [6.45, 7) is 2.07. The van der Waals surface area contributed by atoms with E-state index in [1.165, 1.54) is 11.1 Å². The van der Waals surface area contributed by atoms with Crippen LogP contribution in [0.1, 0.15) is 43.2 Å². The predicted molar refractivity (Wildman–Crippen MR) is 75.9 cm³/mol. The minimum absolute atomic E-state index is 0.0434. The number of hydrogen-bond donors (Lipinski definition) is 2. The first-order valence-electron chi connectivity index (χ1n) is 7.19. The van der Waals surface area contributed by atoms with Gasteiger partial charge in [-0.25, -0.2) is 0 Å². The molecule has 1 aliphatic rings. The zero-order valence-corrected chi connectivity index (χ0v) is 11.6. The molecule has 19 heavy (non-hydrogen) atoms. The lowest BCUT2D eigenvalue weighted by Gasteiger charge is -2.28. The number of nitrogens with one attached hydrogen (secondary N) is 1. The van der Waals surface area contributed by atoms with Crippen LogP contribution in [0.2, 0.25) is 0 Å². The number of aliphatic hydroxyl groups is 1. The summed E-state index contributed by atoms with van der Waals surface area (Å²) in [6.07, 6.45) is 4.77. The van der Waals surface area contributed by atoms with Crippen molar-refractivity contribution in [2.24, 2.45) is 0 Å². The topological polar surface area (TPSA) is 49.3 Å². The molecule has 3 heteroatoms. The average Bonchev–Trinajstić information content (AvgIpc) is 2.40. The van der Waals surface area contributed by atoms with Gasteiger partial charge in [-0.2, -0.15) is 0 Å². The molecule has 3 nitrogen and oxygen atoms in total. The molecule has 1 aromatic carbocycles. The predicted octanol–water partition coefficient (Wildman–Crippen LogP) is 2.35. The Morgan fingerprint density at radius 1 is 1.32 bits per heavy atom. The van der Waals surface area contributed by atoms with Gasteiger partial charge in [-0.1, -0.05) is 37.1 Å². The Morgan fingerprint density at radius 2 is 2.05 bits per heavy atom. The van der Waals surface area contributed by atoms with Gasteiger partial charge in [0.25, 0.3) is 0 Å². The fourth-order valence-corrected chi connectivity index (χ4v) is 2.70. The maximum absolute atomic E-state index is 11.9. The number of rotatable bonds is 4. The Hall–Kier alpha value is -1.35. The van der Waals surface area contributed by atoms with E-state index in [4.69, 9.17) is 0 Å². The second-order valence-corrected chi connectivity index (χ2v) is 5.45. The molecule has 0 bridgehead atoms. The summed E-state index contributed by atoms with van der Waals surface area (Å²) in [7, 11) is 0. The van der Waals surface area contributed by atoms with Crippen molar-refractivity contribution >= 4 is 5.91 Å². The van der Waals surface area contributed by atoms with Crippen molar-refractivity contribution < 1.29 is 9.90 Å². The summed E-state index contributed by atoms with van der Waals surface area (Å²) in [5.41, 5.74) is 2.45. The van der Waals surface area contributed by atoms with Crippen LogP contribution in [0.5, 0.6) is 0 Å². The molecule has 1 fully saturated rings. The van der Waals surface area contributed by atoms with Gasteiger partial charge < -0.3 is 10.4 Å². The third-order valence-electron chi connectivity index (χ3n) is 3.96. The Kier molecular flexibility index (Phi) is 4.97. The minimum Gasteiger partial charge on any atom is -0.391 e. The lowest BCUT2D eigenvalue weighted by atomic mass is 9.92. The van der Waals surface area contributed by atoms with E-state index in [1.54, 1.807) is 0 Å². The highest BCUT2D eigenvalue weighted by atomic mass is 16.3. The van der Waals surface area contributed by atoms with Crippen molar-refractivity contribution in [2.45, 2.75) is 57.6 Å². The van der Waals surface area contributed by atoms with Crippen LogP contribution in [-0.2, 0) is 11.2 Å². The van der Waals surface area contributed by atoms with Crippen LogP contribution in [0.15, 0.2) is 24.3 Å². The second kappa shape index (κ2) is 6.71. The van der Waals surface area contributed by atoms with E-state index in [0.29, 0.717) is 6.42 Å². The number of benzene rings is 1. The van der Waals surface area contributed by atoms with Crippen molar-refractivity contribution in [3.63, 3.8) is 0 Å². The lowest BCUT2D eigenvalue weighted by Crippen LogP contribution is -2.45. The maximum atomic E-state index is 11.9. The molecule has 2 N–H and O–H groups in total. The summed E-state index contributed by atoms with van der Waals surface area (Å²) in [5.74, 6) is 0.0502. The van der Waals surface area contributed by atoms with Crippen molar-refractivity contribution in [1.82, 2.24) is 5.32 Å². The highest BCUT2D eigenvalue weighted by Crippen LogP contribution is 2.18. The highest BCUT2D eigenvalue weighted by Gasteiger charge is 2.24. The molecule has 104 valence electrons. The van der Waals surface area contributed by atoms with Gasteiger partial charge in [-0.05, 0) is 37.3 Å². The molecule has 0 aliphatic heterocycles. The van der Waals surface area contributed by atoms with Gasteiger partial charge >= 0.3 is 0 Å². The molecule has 0 heterocycles. The fraction of sp³-hybridized carbons (Fsp3) is 0.562. The molecule has 0 unspecified atom stereocenters. The van der Waals surface area contributed by atoms with Crippen LogP contribution in [0, 0.1) is 6.92 Å². The Bertz CT molecular complexity index is 431.